The van der Waals surface area contributed by atoms with Gasteiger partial charge in [0.1, 0.15) is 0 Å². The van der Waals surface area contributed by atoms with Crippen molar-refractivity contribution in [1.82, 2.24) is 4.40 Å². The first kappa shape index (κ1) is 35.7. The van der Waals surface area contributed by atoms with Gasteiger partial charge in [-0.25, -0.2) is 0 Å². The fourth-order valence-electron chi connectivity index (χ4n) is 13.3. The van der Waals surface area contributed by atoms with Crippen LogP contribution in [-0.4, -0.2) is 11.1 Å². The van der Waals surface area contributed by atoms with E-state index in [0.29, 0.717) is 0 Å². The molecule has 0 fully saturated rings. The highest BCUT2D eigenvalue weighted by Gasteiger charge is 2.57. The summed E-state index contributed by atoms with van der Waals surface area (Å²) >= 11 is 0. The smallest absolute Gasteiger partial charge is 0.257 e. The van der Waals surface area contributed by atoms with Crippen LogP contribution in [0.2, 0.25) is 0 Å². The van der Waals surface area contributed by atoms with Gasteiger partial charge in [-0.2, -0.15) is 0 Å². The number of aromatic nitrogens is 1. The van der Waals surface area contributed by atoms with E-state index in [1.165, 1.54) is 49.0 Å². The van der Waals surface area contributed by atoms with Crippen molar-refractivity contribution in [3.63, 3.8) is 0 Å². The third-order valence-electron chi connectivity index (χ3n) is 15.6. The maximum atomic E-state index is 17.5. The van der Waals surface area contributed by atoms with Crippen molar-refractivity contribution in [2.24, 2.45) is 0 Å². The van der Waals surface area contributed by atoms with Crippen LogP contribution in [0.15, 0.2) is 212 Å². The normalized spacial score (nSPS) is 16.5. The van der Waals surface area contributed by atoms with Crippen molar-refractivity contribution in [1.29, 1.82) is 0 Å². The topological polar surface area (TPSA) is 34.4 Å². The Kier molecular flexibility index (Phi) is 6.45. The summed E-state index contributed by atoms with van der Waals surface area (Å²) < 4.78 is 20.0. The molecule has 0 aliphatic carbocycles. The number of hydrogen-bond donors (Lipinski definition) is 0. The van der Waals surface area contributed by atoms with Gasteiger partial charge in [-0.05, 0) is 107 Å². The van der Waals surface area contributed by atoms with Gasteiger partial charge >= 0.3 is 0 Å². The zero-order valence-corrected chi connectivity index (χ0v) is 37.3. The second kappa shape index (κ2) is 12.3. The molecule has 0 N–H and O–H groups in total. The van der Waals surface area contributed by atoms with Crippen LogP contribution in [0.25, 0.3) is 38.1 Å². The van der Waals surface area contributed by atoms with E-state index in [1.54, 1.807) is 0 Å². The lowest BCUT2D eigenvalue weighted by atomic mass is 9.31. The van der Waals surface area contributed by atoms with E-state index in [2.05, 4.69) is 236 Å². The second-order valence-corrected chi connectivity index (χ2v) is 21.3. The number of fused-ring (bicyclic) bond motifs is 13. The Labute approximate surface area is 391 Å². The summed E-state index contributed by atoms with van der Waals surface area (Å²) in [6, 6.07) is 76.9. The van der Waals surface area contributed by atoms with Crippen LogP contribution in [0.3, 0.4) is 0 Å². The monoisotopic (exact) mass is 883 g/mol. The Hall–Kier alpha value is -8.51. The third kappa shape index (κ3) is 3.99. The maximum absolute atomic E-state index is 17.5. The van der Waals surface area contributed by atoms with E-state index in [-0.39, 0.29) is 6.71 Å². The molecule has 2 aromatic heterocycles. The molecule has 0 amide bonds. The van der Waals surface area contributed by atoms with Crippen molar-refractivity contribution in [2.75, 3.05) is 19.6 Å². The van der Waals surface area contributed by atoms with E-state index in [0.717, 1.165) is 89.7 Å². The summed E-state index contributed by atoms with van der Waals surface area (Å²) in [4.78, 5) is 9.96. The quantitative estimate of drug-likeness (QED) is 0.130. The Bertz CT molecular complexity index is 4290. The van der Waals surface area contributed by atoms with Crippen molar-refractivity contribution in [3.8, 4) is 0 Å². The Balaban J connectivity index is 1.14. The standard InChI is InChI=1S/C60H35BN5OP/c67-68-51-32-14-12-28-43(51)62(36-18-4-1-5-19-36)50-35-49-56-59(60(50)68)66(44-29-13-15-33-52(44)68)58-53-41-26-16-25-40-39-24-10-11-27-42(39)65(57(40)41)47(53)34-48-55(58)61(56)54-45(63(48)37-20-6-2-7-21-37)30-17-31-46(54)64(49)38-22-8-3-9-23-38/h1-35H. The molecule has 12 aromatic rings. The first-order valence-electron chi connectivity index (χ1n) is 23.4. The highest BCUT2D eigenvalue weighted by atomic mass is 31.2. The predicted molar refractivity (Wildman–Crippen MR) is 285 cm³/mol. The van der Waals surface area contributed by atoms with Gasteiger partial charge in [0, 0.05) is 72.0 Å². The summed E-state index contributed by atoms with van der Waals surface area (Å²) in [5.41, 5.74) is 20.1. The van der Waals surface area contributed by atoms with Crippen LogP contribution in [0.5, 0.6) is 0 Å². The summed E-state index contributed by atoms with van der Waals surface area (Å²) in [7, 11) is -3.56. The molecule has 68 heavy (non-hydrogen) atoms. The van der Waals surface area contributed by atoms with Gasteiger partial charge in [0.15, 0.2) is 7.14 Å². The molecule has 0 radical (unpaired) electrons. The van der Waals surface area contributed by atoms with Crippen LogP contribution in [0.1, 0.15) is 0 Å². The average molecular weight is 884 g/mol. The third-order valence-corrected chi connectivity index (χ3v) is 18.8. The number of nitrogens with zero attached hydrogens (tertiary/aromatic N) is 5. The fourth-order valence-corrected chi connectivity index (χ4v) is 16.6. The molecule has 5 aliphatic rings. The molecule has 0 spiro atoms. The molecule has 6 nitrogen and oxygen atoms in total. The van der Waals surface area contributed by atoms with E-state index >= 15 is 4.57 Å². The van der Waals surface area contributed by atoms with Crippen LogP contribution in [0, 0.1) is 0 Å². The van der Waals surface area contributed by atoms with Crippen LogP contribution >= 0.6 is 7.14 Å². The number of rotatable bonds is 3. The van der Waals surface area contributed by atoms with Crippen molar-refractivity contribution >= 4 is 153 Å². The Morgan fingerprint density at radius 3 is 1.50 bits per heavy atom. The molecule has 314 valence electrons. The molecule has 17 rings (SSSR count). The minimum Gasteiger partial charge on any atom is -0.311 e. The average Bonchev–Trinajstić information content (AvgIpc) is 3.92. The van der Waals surface area contributed by atoms with Gasteiger partial charge < -0.3 is 28.6 Å². The van der Waals surface area contributed by atoms with E-state index < -0.39 is 7.14 Å². The molecular formula is C60H35BN5OP. The highest BCUT2D eigenvalue weighted by Crippen LogP contribution is 2.64. The first-order valence-corrected chi connectivity index (χ1v) is 25.1. The zero-order valence-electron chi connectivity index (χ0n) is 36.4. The SMILES string of the molecule is O=P12c3ccccc3N(c3ccccc3)c3cc4c5c(c31)N(c1ccccc12)c1c2c(cc3c1c1cccc6c7ccccc7n3c61)N(c1ccccc1)c1cccc(c1B52)N4c1ccccc1. The van der Waals surface area contributed by atoms with Crippen molar-refractivity contribution in [2.45, 2.75) is 0 Å². The van der Waals surface area contributed by atoms with Gasteiger partial charge in [-0.3, -0.25) is 0 Å². The number of anilines is 12. The number of para-hydroxylation sites is 7. The summed E-state index contributed by atoms with van der Waals surface area (Å²) in [5.74, 6) is 0. The molecule has 0 saturated carbocycles. The molecule has 1 atom stereocenters. The van der Waals surface area contributed by atoms with Crippen LogP contribution in [0.4, 0.5) is 68.2 Å². The minimum absolute atomic E-state index is 0.181. The summed E-state index contributed by atoms with van der Waals surface area (Å²) in [6.07, 6.45) is 0. The lowest BCUT2D eigenvalue weighted by molar-refractivity contribution is 0.592. The zero-order chi connectivity index (χ0) is 44.1. The van der Waals surface area contributed by atoms with Gasteiger partial charge in [0.05, 0.1) is 50.3 Å². The molecule has 8 heteroatoms. The lowest BCUT2D eigenvalue weighted by Gasteiger charge is -2.53. The molecular weight excluding hydrogens is 848 g/mol. The van der Waals surface area contributed by atoms with Crippen molar-refractivity contribution in [3.05, 3.63) is 212 Å². The van der Waals surface area contributed by atoms with Gasteiger partial charge in [0.25, 0.3) is 6.71 Å². The van der Waals surface area contributed by atoms with Crippen LogP contribution in [-0.2, 0) is 4.57 Å². The molecule has 5 aliphatic heterocycles. The molecule has 1 unspecified atom stereocenters. The molecule has 7 heterocycles. The van der Waals surface area contributed by atoms with Gasteiger partial charge in [-0.1, -0.05) is 121 Å². The first-order chi connectivity index (χ1) is 33.7. The number of hydrogen-bond acceptors (Lipinski definition) is 5. The largest absolute Gasteiger partial charge is 0.311 e. The summed E-state index contributed by atoms with van der Waals surface area (Å²) in [5, 5.41) is 7.56. The molecule has 0 bridgehead atoms. The van der Waals surface area contributed by atoms with E-state index in [9.17, 15) is 0 Å². The van der Waals surface area contributed by atoms with Crippen molar-refractivity contribution < 1.29 is 4.57 Å². The van der Waals surface area contributed by atoms with E-state index in [4.69, 9.17) is 0 Å². The number of benzene rings is 10. The second-order valence-electron chi connectivity index (χ2n) is 18.7. The Morgan fingerprint density at radius 1 is 0.353 bits per heavy atom. The van der Waals surface area contributed by atoms with Gasteiger partial charge in [-0.15, -0.1) is 0 Å². The summed E-state index contributed by atoms with van der Waals surface area (Å²) in [6.45, 7) is -0.181. The van der Waals surface area contributed by atoms with Gasteiger partial charge in [0.2, 0.25) is 0 Å². The Morgan fingerprint density at radius 2 is 0.838 bits per heavy atom. The minimum atomic E-state index is -3.56. The highest BCUT2D eigenvalue weighted by molar-refractivity contribution is 7.86. The maximum Gasteiger partial charge on any atom is 0.257 e. The fraction of sp³-hybridized carbons (Fsp3) is 0. The molecule has 10 aromatic carbocycles. The molecule has 0 saturated heterocycles. The van der Waals surface area contributed by atoms with E-state index in [1.807, 2.05) is 0 Å². The van der Waals surface area contributed by atoms with Crippen LogP contribution < -0.4 is 51.9 Å². The lowest BCUT2D eigenvalue weighted by Crippen LogP contribution is -2.66. The predicted octanol–water partition coefficient (Wildman–Crippen LogP) is 12.4.